The van der Waals surface area contributed by atoms with Gasteiger partial charge in [-0.25, -0.2) is 0 Å². The van der Waals surface area contributed by atoms with E-state index in [1.807, 2.05) is 6.08 Å². The van der Waals surface area contributed by atoms with Crippen LogP contribution in [0.1, 0.15) is 316 Å². The van der Waals surface area contributed by atoms with Crippen LogP contribution in [0.4, 0.5) is 0 Å². The summed E-state index contributed by atoms with van der Waals surface area (Å²) in [5.74, 6) is -0.0750. The fourth-order valence-corrected chi connectivity index (χ4v) is 9.02. The molecule has 2 unspecified atom stereocenters. The summed E-state index contributed by atoms with van der Waals surface area (Å²) in [4.78, 5) is 12.4. The Morgan fingerprint density at radius 1 is 0.354 bits per heavy atom. The maximum atomic E-state index is 12.4. The molecule has 0 rings (SSSR count). The summed E-state index contributed by atoms with van der Waals surface area (Å²) in [5, 5.41) is 23.0. The minimum atomic E-state index is -0.868. The van der Waals surface area contributed by atoms with Crippen LogP contribution in [0.25, 0.3) is 0 Å². The molecule has 0 fully saturated rings. The molecule has 0 aliphatic rings. The summed E-state index contributed by atoms with van der Waals surface area (Å²) in [6.07, 6.45) is 78.9. The molecule has 0 radical (unpaired) electrons. The number of aliphatic hydroxyl groups is 2. The Bertz CT molecular complexity index is 1030. The van der Waals surface area contributed by atoms with E-state index in [0.29, 0.717) is 6.42 Å². The van der Waals surface area contributed by atoms with Crippen molar-refractivity contribution in [3.63, 3.8) is 0 Å². The van der Waals surface area contributed by atoms with Crippen LogP contribution in [0.3, 0.4) is 0 Å². The third-order valence-corrected chi connectivity index (χ3v) is 13.5. The summed E-state index contributed by atoms with van der Waals surface area (Å²) < 4.78 is 0. The minimum absolute atomic E-state index is 0.0750. The first-order chi connectivity index (χ1) is 32.2. The summed E-state index contributed by atoms with van der Waals surface area (Å²) >= 11 is 0. The number of hydrogen-bond donors (Lipinski definition) is 3. The molecular formula is C61H115NO3. The molecule has 0 aliphatic heterocycles. The van der Waals surface area contributed by atoms with Gasteiger partial charge < -0.3 is 15.5 Å². The molecule has 4 heteroatoms. The number of aliphatic hydroxyl groups excluding tert-OH is 2. The van der Waals surface area contributed by atoms with Crippen LogP contribution >= 0.6 is 0 Å². The van der Waals surface area contributed by atoms with Gasteiger partial charge in [-0.1, -0.05) is 294 Å². The Morgan fingerprint density at radius 3 is 0.938 bits per heavy atom. The predicted octanol–water partition coefficient (Wildman–Crippen LogP) is 19.4. The van der Waals surface area contributed by atoms with Crippen molar-refractivity contribution in [2.45, 2.75) is 328 Å². The van der Waals surface area contributed by atoms with Crippen molar-refractivity contribution in [1.82, 2.24) is 5.32 Å². The van der Waals surface area contributed by atoms with Crippen molar-refractivity contribution in [3.05, 3.63) is 48.6 Å². The fraction of sp³-hybridized carbons (Fsp3) is 0.852. The smallest absolute Gasteiger partial charge is 0.220 e. The zero-order valence-corrected chi connectivity index (χ0v) is 44.0. The molecule has 0 aromatic rings. The topological polar surface area (TPSA) is 69.6 Å². The van der Waals surface area contributed by atoms with Gasteiger partial charge in [-0.3, -0.25) is 4.79 Å². The zero-order valence-electron chi connectivity index (χ0n) is 44.0. The molecule has 0 aromatic heterocycles. The van der Waals surface area contributed by atoms with Crippen LogP contribution in [0.15, 0.2) is 48.6 Å². The van der Waals surface area contributed by atoms with Crippen LogP contribution in [0, 0.1) is 0 Å². The average molecular weight is 911 g/mol. The molecule has 3 N–H and O–H groups in total. The first-order valence-electron chi connectivity index (χ1n) is 29.4. The second-order valence-corrected chi connectivity index (χ2v) is 20.0. The van der Waals surface area contributed by atoms with E-state index in [4.69, 9.17) is 0 Å². The van der Waals surface area contributed by atoms with Crippen LogP contribution in [-0.2, 0) is 4.79 Å². The lowest BCUT2D eigenvalue weighted by Crippen LogP contribution is -2.45. The third-order valence-electron chi connectivity index (χ3n) is 13.5. The summed E-state index contributed by atoms with van der Waals surface area (Å²) in [6, 6.07) is -0.643. The quantitative estimate of drug-likeness (QED) is 0.0421. The molecule has 0 saturated heterocycles. The highest BCUT2D eigenvalue weighted by molar-refractivity contribution is 5.76. The van der Waals surface area contributed by atoms with Gasteiger partial charge in [0.05, 0.1) is 18.8 Å². The molecule has 0 aromatic carbocycles. The van der Waals surface area contributed by atoms with Crippen molar-refractivity contribution in [2.24, 2.45) is 0 Å². The number of amides is 1. The van der Waals surface area contributed by atoms with E-state index in [1.54, 1.807) is 6.08 Å². The van der Waals surface area contributed by atoms with E-state index < -0.39 is 12.1 Å². The van der Waals surface area contributed by atoms with Gasteiger partial charge >= 0.3 is 0 Å². The van der Waals surface area contributed by atoms with E-state index in [2.05, 4.69) is 55.6 Å². The SMILES string of the molecule is CCCC/C=C/CC/C=C/CC/C=C/C(O)C(CO)NC(=O)CCCCCCCCCCCCCCCCCCCCCCCCCCCCCCC/C=C\CCCCCCCCCC. The third kappa shape index (κ3) is 53.2. The van der Waals surface area contributed by atoms with Crippen LogP contribution in [0.2, 0.25) is 0 Å². The summed E-state index contributed by atoms with van der Waals surface area (Å²) in [7, 11) is 0. The molecule has 0 bridgehead atoms. The standard InChI is InChI=1S/C61H115NO3/c1-3-5-7-9-11-13-15-17-18-19-20-21-22-23-24-25-26-27-28-29-30-31-32-33-34-35-36-37-38-39-40-41-42-43-44-45-47-49-51-53-55-57-61(65)62-59(58-63)60(64)56-54-52-50-48-46-16-14-12-10-8-6-4-2/h10,12,19-20,46,48,54,56,59-60,63-64H,3-9,11,13-18,21-45,47,49-53,55,57-58H2,1-2H3,(H,62,65)/b12-10+,20-19-,48-46+,56-54+. The number of hydrogen-bond acceptors (Lipinski definition) is 3. The monoisotopic (exact) mass is 910 g/mol. The maximum Gasteiger partial charge on any atom is 0.220 e. The molecule has 0 aliphatic carbocycles. The Labute approximate surface area is 407 Å². The normalized spacial score (nSPS) is 13.1. The number of rotatable bonds is 54. The van der Waals surface area contributed by atoms with Crippen LogP contribution in [0.5, 0.6) is 0 Å². The molecule has 0 heterocycles. The first kappa shape index (κ1) is 63.4. The molecule has 1 amide bonds. The lowest BCUT2D eigenvalue weighted by atomic mass is 10.0. The maximum absolute atomic E-state index is 12.4. The molecule has 4 nitrogen and oxygen atoms in total. The lowest BCUT2D eigenvalue weighted by Gasteiger charge is -2.19. The summed E-state index contributed by atoms with van der Waals surface area (Å²) in [5.41, 5.74) is 0. The second-order valence-electron chi connectivity index (χ2n) is 20.0. The molecule has 0 saturated carbocycles. The molecule has 382 valence electrons. The van der Waals surface area contributed by atoms with Gasteiger partial charge in [0.2, 0.25) is 5.91 Å². The molecular weight excluding hydrogens is 795 g/mol. The Morgan fingerprint density at radius 2 is 0.615 bits per heavy atom. The highest BCUT2D eigenvalue weighted by Crippen LogP contribution is 2.17. The number of carbonyl (C=O) groups excluding carboxylic acids is 1. The number of nitrogens with one attached hydrogen (secondary N) is 1. The fourth-order valence-electron chi connectivity index (χ4n) is 9.02. The zero-order chi connectivity index (χ0) is 47.0. The first-order valence-corrected chi connectivity index (χ1v) is 29.4. The van der Waals surface area contributed by atoms with Crippen molar-refractivity contribution in [1.29, 1.82) is 0 Å². The largest absolute Gasteiger partial charge is 0.394 e. The van der Waals surface area contributed by atoms with Gasteiger partial charge in [-0.2, -0.15) is 0 Å². The van der Waals surface area contributed by atoms with Crippen LogP contribution < -0.4 is 5.32 Å². The molecule has 65 heavy (non-hydrogen) atoms. The van der Waals surface area contributed by atoms with Crippen molar-refractivity contribution < 1.29 is 15.0 Å². The Hall–Kier alpha value is -1.65. The lowest BCUT2D eigenvalue weighted by molar-refractivity contribution is -0.123. The highest BCUT2D eigenvalue weighted by Gasteiger charge is 2.18. The Balaban J connectivity index is 3.36. The van der Waals surface area contributed by atoms with E-state index in [9.17, 15) is 15.0 Å². The van der Waals surface area contributed by atoms with Crippen LogP contribution in [-0.4, -0.2) is 34.9 Å². The van der Waals surface area contributed by atoms with Crippen molar-refractivity contribution in [3.8, 4) is 0 Å². The van der Waals surface area contributed by atoms with Gasteiger partial charge in [0, 0.05) is 6.42 Å². The minimum Gasteiger partial charge on any atom is -0.394 e. The second kappa shape index (κ2) is 56.7. The average Bonchev–Trinajstić information content (AvgIpc) is 3.31. The molecule has 2 atom stereocenters. The van der Waals surface area contributed by atoms with Gasteiger partial charge in [-0.05, 0) is 64.2 Å². The number of allylic oxidation sites excluding steroid dienone is 7. The van der Waals surface area contributed by atoms with E-state index in [1.165, 1.54) is 257 Å². The Kier molecular flexibility index (Phi) is 55.2. The summed E-state index contributed by atoms with van der Waals surface area (Å²) in [6.45, 7) is 4.26. The van der Waals surface area contributed by atoms with Crippen molar-refractivity contribution in [2.75, 3.05) is 6.61 Å². The van der Waals surface area contributed by atoms with E-state index in [0.717, 1.165) is 38.5 Å². The van der Waals surface area contributed by atoms with E-state index in [-0.39, 0.29) is 12.5 Å². The van der Waals surface area contributed by atoms with Gasteiger partial charge in [0.25, 0.3) is 0 Å². The van der Waals surface area contributed by atoms with Gasteiger partial charge in [-0.15, -0.1) is 0 Å². The number of carbonyl (C=O) groups is 1. The number of unbranched alkanes of at least 4 members (excludes halogenated alkanes) is 41. The van der Waals surface area contributed by atoms with Gasteiger partial charge in [0.15, 0.2) is 0 Å². The molecule has 0 spiro atoms. The predicted molar refractivity (Wildman–Crippen MR) is 290 cm³/mol. The highest BCUT2D eigenvalue weighted by atomic mass is 16.3. The van der Waals surface area contributed by atoms with E-state index >= 15 is 0 Å². The van der Waals surface area contributed by atoms with Gasteiger partial charge in [0.1, 0.15) is 0 Å². The van der Waals surface area contributed by atoms with Crippen molar-refractivity contribution >= 4 is 5.91 Å².